The van der Waals surface area contributed by atoms with Gasteiger partial charge in [0, 0.05) is 102 Å². The lowest BCUT2D eigenvalue weighted by Gasteiger charge is -2.44. The smallest absolute Gasteiger partial charge is 0.252 e. The summed E-state index contributed by atoms with van der Waals surface area (Å²) in [6.45, 7) is 4.31. The number of rotatable bonds is 15. The molecule has 554 valence electrons. The molecular formula is C110H78B2N6. The van der Waals surface area contributed by atoms with Gasteiger partial charge in [0.15, 0.2) is 0 Å². The highest BCUT2D eigenvalue weighted by molar-refractivity contribution is 7.01. The predicted molar refractivity (Wildman–Crippen MR) is 501 cm³/mol. The van der Waals surface area contributed by atoms with E-state index < -0.39 is 0 Å². The van der Waals surface area contributed by atoms with E-state index in [1.807, 2.05) is 0 Å². The Morgan fingerprint density at radius 3 is 0.881 bits per heavy atom. The van der Waals surface area contributed by atoms with E-state index in [1.54, 1.807) is 0 Å². The van der Waals surface area contributed by atoms with Gasteiger partial charge in [-0.25, -0.2) is 0 Å². The number of anilines is 18. The van der Waals surface area contributed by atoms with E-state index in [1.165, 1.54) is 106 Å². The largest absolute Gasteiger partial charge is 0.311 e. The third kappa shape index (κ3) is 12.1. The molecule has 4 aliphatic heterocycles. The number of benzene rings is 18. The van der Waals surface area contributed by atoms with Crippen LogP contribution in [0.25, 0.3) is 55.6 Å². The molecule has 0 bridgehead atoms. The minimum Gasteiger partial charge on any atom is -0.311 e. The van der Waals surface area contributed by atoms with Gasteiger partial charge in [-0.15, -0.1) is 0 Å². The standard InChI is InChI=1S/C110H78B2N6/c1-75-41-56-93(57-42-75)116-102-70-43-76(2)71-100(102)112-99-69-67-95(73-107(99)117(88-32-16-7-17-33-88)105-39-21-38-104(116)110(105)112)113(89-58-48-81(49-59-89)77-23-8-3-9-24-77)92-64-54-84(55-65-92)80-44-46-85(47-45-80)86-29-20-34-94(72-86)118-106-40-22-37-103-109(106)111(97-35-18-19-36-101(97)115(103)87-30-14-6-15-31-87)98-68-66-96(74-108(98)118)114(90-60-50-82(51-61-90)78-25-10-4-11-26-78)91-62-52-83(53-63-91)79-27-12-5-13-28-79/h3-74H,1-2H3. The summed E-state index contributed by atoms with van der Waals surface area (Å²) in [6.07, 6.45) is 0. The summed E-state index contributed by atoms with van der Waals surface area (Å²) in [6, 6.07) is 162. The fraction of sp³-hybridized carbons (Fsp3) is 0.0182. The number of para-hydroxylation sites is 3. The minimum absolute atomic E-state index is 0.0194. The zero-order valence-corrected chi connectivity index (χ0v) is 65.4. The molecular weight excluding hydrogens is 1430 g/mol. The third-order valence-corrected chi connectivity index (χ3v) is 24.3. The van der Waals surface area contributed by atoms with Gasteiger partial charge in [0.2, 0.25) is 0 Å². The molecule has 118 heavy (non-hydrogen) atoms. The fourth-order valence-corrected chi connectivity index (χ4v) is 18.8. The van der Waals surface area contributed by atoms with Crippen molar-refractivity contribution in [3.63, 3.8) is 0 Å². The predicted octanol–water partition coefficient (Wildman–Crippen LogP) is 25.7. The van der Waals surface area contributed by atoms with Crippen LogP contribution >= 0.6 is 0 Å². The molecule has 0 radical (unpaired) electrons. The van der Waals surface area contributed by atoms with Gasteiger partial charge >= 0.3 is 0 Å². The SMILES string of the molecule is Cc1ccc(N2c3ccc(C)cc3B3c4ccc(N(c5ccc(-c6ccccc6)cc5)c5ccc(-c6ccc(-c7cccc(N8c9cc(N(c%10ccc(-c%11ccccc%11)cc%10)c%10ccc(-c%11ccccc%11)cc%10)ccc9B9c%10ccccc%10N(c%10ccccc%10)c%10cccc8c%109)c7)cc6)cc5)cc4N(c4ccccc4)c4cccc2c43)cc1. The summed E-state index contributed by atoms with van der Waals surface area (Å²) in [7, 11) is 0. The minimum atomic E-state index is -0.0547. The van der Waals surface area contributed by atoms with Crippen LogP contribution in [0.15, 0.2) is 437 Å². The Labute approximate surface area is 690 Å². The van der Waals surface area contributed by atoms with Gasteiger partial charge in [-0.3, -0.25) is 0 Å². The highest BCUT2D eigenvalue weighted by Gasteiger charge is 2.46. The topological polar surface area (TPSA) is 19.4 Å². The first-order chi connectivity index (χ1) is 58.3. The maximum atomic E-state index is 2.54. The first-order valence-corrected chi connectivity index (χ1v) is 40.8. The molecule has 4 aliphatic rings. The van der Waals surface area contributed by atoms with Crippen LogP contribution in [0, 0.1) is 13.8 Å². The van der Waals surface area contributed by atoms with E-state index in [4.69, 9.17) is 0 Å². The van der Waals surface area contributed by atoms with Crippen molar-refractivity contribution in [3.8, 4) is 55.6 Å². The molecule has 0 unspecified atom stereocenters. The highest BCUT2D eigenvalue weighted by Crippen LogP contribution is 2.50. The number of aryl methyl sites for hydroxylation is 2. The monoisotopic (exact) mass is 1500 g/mol. The molecule has 0 fully saturated rings. The van der Waals surface area contributed by atoms with Crippen molar-refractivity contribution in [1.29, 1.82) is 0 Å². The van der Waals surface area contributed by atoms with Gasteiger partial charge in [-0.2, -0.15) is 0 Å². The molecule has 18 aromatic carbocycles. The zero-order chi connectivity index (χ0) is 78.3. The first kappa shape index (κ1) is 69.6. The quantitative estimate of drug-likeness (QED) is 0.0946. The molecule has 4 heterocycles. The molecule has 6 nitrogen and oxygen atoms in total. The van der Waals surface area contributed by atoms with Crippen LogP contribution in [0.2, 0.25) is 0 Å². The normalized spacial score (nSPS) is 12.6. The summed E-state index contributed by atoms with van der Waals surface area (Å²) >= 11 is 0. The van der Waals surface area contributed by atoms with Crippen molar-refractivity contribution in [1.82, 2.24) is 0 Å². The van der Waals surface area contributed by atoms with Gasteiger partial charge in [-0.05, 0) is 260 Å². The Balaban J connectivity index is 0.637. The first-order valence-electron chi connectivity index (χ1n) is 40.8. The Hall–Kier alpha value is -15.1. The van der Waals surface area contributed by atoms with Crippen LogP contribution in [-0.4, -0.2) is 13.4 Å². The van der Waals surface area contributed by atoms with Crippen LogP contribution in [0.5, 0.6) is 0 Å². The second-order valence-electron chi connectivity index (χ2n) is 31.3. The van der Waals surface area contributed by atoms with E-state index in [2.05, 4.69) is 480 Å². The van der Waals surface area contributed by atoms with Crippen molar-refractivity contribution in [2.75, 3.05) is 29.4 Å². The Morgan fingerprint density at radius 1 is 0.169 bits per heavy atom. The van der Waals surface area contributed by atoms with E-state index in [0.717, 1.165) is 96.2 Å². The maximum Gasteiger partial charge on any atom is 0.252 e. The third-order valence-electron chi connectivity index (χ3n) is 24.3. The number of hydrogen-bond acceptors (Lipinski definition) is 6. The van der Waals surface area contributed by atoms with E-state index >= 15 is 0 Å². The van der Waals surface area contributed by atoms with Gasteiger partial charge < -0.3 is 29.4 Å². The van der Waals surface area contributed by atoms with Crippen molar-refractivity contribution in [3.05, 3.63) is 448 Å². The fourth-order valence-electron chi connectivity index (χ4n) is 18.8. The van der Waals surface area contributed by atoms with Crippen molar-refractivity contribution in [2.45, 2.75) is 13.8 Å². The second-order valence-corrected chi connectivity index (χ2v) is 31.3. The molecule has 0 atom stereocenters. The van der Waals surface area contributed by atoms with Gasteiger partial charge in [0.05, 0.1) is 0 Å². The molecule has 0 aliphatic carbocycles. The van der Waals surface area contributed by atoms with Crippen LogP contribution in [0.4, 0.5) is 102 Å². The summed E-state index contributed by atoms with van der Waals surface area (Å²) < 4.78 is 0. The maximum absolute atomic E-state index is 2.54. The average molecular weight is 1510 g/mol. The van der Waals surface area contributed by atoms with Gasteiger partial charge in [0.1, 0.15) is 0 Å². The van der Waals surface area contributed by atoms with Crippen LogP contribution < -0.4 is 62.2 Å². The van der Waals surface area contributed by atoms with Crippen molar-refractivity contribution >= 4 is 149 Å². The van der Waals surface area contributed by atoms with Crippen molar-refractivity contribution < 1.29 is 0 Å². The lowest BCUT2D eigenvalue weighted by molar-refractivity contribution is 1.23. The van der Waals surface area contributed by atoms with Crippen LogP contribution in [0.1, 0.15) is 11.1 Å². The molecule has 0 amide bonds. The molecule has 0 spiro atoms. The summed E-state index contributed by atoms with van der Waals surface area (Å²) in [5.74, 6) is 0. The second kappa shape index (κ2) is 29.1. The van der Waals surface area contributed by atoms with Crippen LogP contribution in [-0.2, 0) is 0 Å². The molecule has 22 rings (SSSR count). The van der Waals surface area contributed by atoms with Gasteiger partial charge in [-0.1, -0.05) is 290 Å². The number of hydrogen-bond donors (Lipinski definition) is 0. The molecule has 0 saturated carbocycles. The van der Waals surface area contributed by atoms with Gasteiger partial charge in [0.25, 0.3) is 13.4 Å². The molecule has 0 N–H and O–H groups in total. The molecule has 18 aromatic rings. The lowest BCUT2D eigenvalue weighted by Crippen LogP contribution is -2.61. The summed E-state index contributed by atoms with van der Waals surface area (Å²) in [5.41, 5.74) is 41.9. The zero-order valence-electron chi connectivity index (χ0n) is 65.4. The lowest BCUT2D eigenvalue weighted by atomic mass is 9.33. The molecule has 0 aromatic heterocycles. The van der Waals surface area contributed by atoms with E-state index in [-0.39, 0.29) is 13.4 Å². The molecule has 0 saturated heterocycles. The summed E-state index contributed by atoms with van der Waals surface area (Å²) in [5, 5.41) is 0. The van der Waals surface area contributed by atoms with E-state index in [0.29, 0.717) is 0 Å². The van der Waals surface area contributed by atoms with E-state index in [9.17, 15) is 0 Å². The van der Waals surface area contributed by atoms with Crippen LogP contribution in [0.3, 0.4) is 0 Å². The highest BCUT2D eigenvalue weighted by atomic mass is 15.2. The number of fused-ring (bicyclic) bond motifs is 8. The average Bonchev–Trinajstić information content (AvgIpc) is 0.694. The summed E-state index contributed by atoms with van der Waals surface area (Å²) in [4.78, 5) is 14.8. The number of nitrogens with zero attached hydrogens (tertiary/aromatic N) is 6. The Morgan fingerprint density at radius 2 is 0.449 bits per heavy atom. The molecule has 8 heteroatoms. The Bertz CT molecular complexity index is 6730. The van der Waals surface area contributed by atoms with Crippen molar-refractivity contribution in [2.24, 2.45) is 0 Å². The Kier molecular flexibility index (Phi) is 17.1.